The lowest BCUT2D eigenvalue weighted by Crippen LogP contribution is -1.65. The lowest BCUT2D eigenvalue weighted by molar-refractivity contribution is 1.25. The molecule has 0 bridgehead atoms. The van der Waals surface area contributed by atoms with E-state index in [-0.39, 0.29) is 0 Å². The van der Waals surface area contributed by atoms with Crippen LogP contribution in [-0.4, -0.2) is 0 Å². The zero-order chi connectivity index (χ0) is 9.19. The molecular weight excluding hydrogens is 156 g/mol. The van der Waals surface area contributed by atoms with Crippen molar-refractivity contribution in [2.75, 3.05) is 0 Å². The predicted octanol–water partition coefficient (Wildman–Crippen LogP) is 3.77. The first-order valence-corrected chi connectivity index (χ1v) is 4.63. The van der Waals surface area contributed by atoms with Crippen molar-refractivity contribution in [1.82, 2.24) is 0 Å². The van der Waals surface area contributed by atoms with E-state index in [0.717, 1.165) is 12.8 Å². The van der Waals surface area contributed by atoms with Crippen LogP contribution in [0.5, 0.6) is 0 Å². The fraction of sp³-hybridized carbons (Fsp3) is 0.154. The number of rotatable bonds is 0. The molecule has 0 unspecified atom stereocenters. The quantitative estimate of drug-likeness (QED) is 0.487. The highest BCUT2D eigenvalue weighted by atomic mass is 13.8. The molecule has 0 N–H and O–H groups in total. The maximum absolute atomic E-state index is 2.18. The molecule has 0 heteroatoms. The van der Waals surface area contributed by atoms with E-state index in [1.165, 1.54) is 0 Å². The van der Waals surface area contributed by atoms with Crippen LogP contribution in [0.25, 0.3) is 0 Å². The summed E-state index contributed by atoms with van der Waals surface area (Å²) >= 11 is 0. The van der Waals surface area contributed by atoms with Crippen LogP contribution in [0, 0.1) is 6.42 Å². The van der Waals surface area contributed by atoms with Crippen LogP contribution in [0.1, 0.15) is 12.8 Å². The third-order valence-electron chi connectivity index (χ3n) is 1.65. The second kappa shape index (κ2) is 7.35. The van der Waals surface area contributed by atoms with E-state index in [1.807, 2.05) is 30.4 Å². The molecule has 0 saturated heterocycles. The number of hydrogen-bond acceptors (Lipinski definition) is 0. The average Bonchev–Trinajstić information content (AvgIpc) is 2.18. The highest BCUT2D eigenvalue weighted by Gasteiger charge is 1.76. The zero-order valence-electron chi connectivity index (χ0n) is 7.77. The summed E-state index contributed by atoms with van der Waals surface area (Å²) in [6.07, 6.45) is 25.0. The van der Waals surface area contributed by atoms with Gasteiger partial charge >= 0.3 is 0 Å². The van der Waals surface area contributed by atoms with Gasteiger partial charge in [0.05, 0.1) is 0 Å². The molecule has 0 aromatic carbocycles. The highest BCUT2D eigenvalue weighted by Crippen LogP contribution is 1.95. The van der Waals surface area contributed by atoms with Crippen LogP contribution in [0.15, 0.2) is 60.8 Å². The molecule has 0 amide bonds. The topological polar surface area (TPSA) is 0 Å². The Bertz CT molecular complexity index is 249. The summed E-state index contributed by atoms with van der Waals surface area (Å²) < 4.78 is 0. The van der Waals surface area contributed by atoms with Crippen LogP contribution < -0.4 is 0 Å². The molecular formula is C13H15. The summed E-state index contributed by atoms with van der Waals surface area (Å²) in [5, 5.41) is 0. The van der Waals surface area contributed by atoms with E-state index in [9.17, 15) is 0 Å². The van der Waals surface area contributed by atoms with Gasteiger partial charge < -0.3 is 0 Å². The van der Waals surface area contributed by atoms with Gasteiger partial charge in [0.25, 0.3) is 0 Å². The van der Waals surface area contributed by atoms with Crippen LogP contribution in [0.3, 0.4) is 0 Å². The van der Waals surface area contributed by atoms with E-state index in [1.54, 1.807) is 0 Å². The standard InChI is InChI=1S/C13H15/c1-2-4-6-8-10-12-13-11-9-7-5-3-1/h1-9,12-13H,10-11H2. The second-order valence-electron chi connectivity index (χ2n) is 2.76. The Morgan fingerprint density at radius 1 is 0.462 bits per heavy atom. The minimum Gasteiger partial charge on any atom is -0.0876 e. The van der Waals surface area contributed by atoms with Gasteiger partial charge in [-0.25, -0.2) is 0 Å². The van der Waals surface area contributed by atoms with Gasteiger partial charge in [0.2, 0.25) is 0 Å². The Labute approximate surface area is 80.7 Å². The average molecular weight is 171 g/mol. The van der Waals surface area contributed by atoms with Gasteiger partial charge in [0.1, 0.15) is 0 Å². The molecule has 1 rings (SSSR count). The van der Waals surface area contributed by atoms with Crippen LogP contribution in [-0.2, 0) is 0 Å². The molecule has 0 heterocycles. The van der Waals surface area contributed by atoms with Crippen molar-refractivity contribution >= 4 is 0 Å². The summed E-state index contributed by atoms with van der Waals surface area (Å²) in [4.78, 5) is 0. The van der Waals surface area contributed by atoms with Crippen molar-refractivity contribution in [1.29, 1.82) is 0 Å². The summed E-state index contributed by atoms with van der Waals surface area (Å²) in [5.41, 5.74) is 0. The molecule has 67 valence electrons. The number of allylic oxidation sites excluding steroid dienone is 10. The maximum atomic E-state index is 2.18. The Morgan fingerprint density at radius 3 is 1.92 bits per heavy atom. The Kier molecular flexibility index (Phi) is 5.54. The molecule has 0 fully saturated rings. The lowest BCUT2D eigenvalue weighted by Gasteiger charge is -1.84. The fourth-order valence-corrected chi connectivity index (χ4v) is 0.985. The summed E-state index contributed by atoms with van der Waals surface area (Å²) in [6, 6.07) is 0. The SMILES string of the molecule is [CH]1C=CC=CC=CC=CCC=CC1. The minimum absolute atomic E-state index is 1.02. The smallest absolute Gasteiger partial charge is 0.0130 e. The molecule has 0 nitrogen and oxygen atoms in total. The monoisotopic (exact) mass is 171 g/mol. The third-order valence-corrected chi connectivity index (χ3v) is 1.65. The molecule has 0 atom stereocenters. The molecule has 13 heavy (non-hydrogen) atoms. The van der Waals surface area contributed by atoms with Gasteiger partial charge in [0.15, 0.2) is 0 Å². The normalized spacial score (nSPS) is 17.8. The van der Waals surface area contributed by atoms with E-state index >= 15 is 0 Å². The van der Waals surface area contributed by atoms with Gasteiger partial charge in [-0.1, -0.05) is 60.8 Å². The summed E-state index contributed by atoms with van der Waals surface area (Å²) in [7, 11) is 0. The molecule has 0 aromatic rings. The summed E-state index contributed by atoms with van der Waals surface area (Å²) in [6.45, 7) is 0. The van der Waals surface area contributed by atoms with E-state index in [4.69, 9.17) is 0 Å². The zero-order valence-corrected chi connectivity index (χ0v) is 7.77. The first kappa shape index (κ1) is 9.79. The minimum atomic E-state index is 1.02. The second-order valence-corrected chi connectivity index (χ2v) is 2.76. The fourth-order valence-electron chi connectivity index (χ4n) is 0.985. The van der Waals surface area contributed by atoms with Gasteiger partial charge in [-0.15, -0.1) is 0 Å². The van der Waals surface area contributed by atoms with Crippen molar-refractivity contribution in [2.45, 2.75) is 12.8 Å². The Balaban J connectivity index is 2.50. The van der Waals surface area contributed by atoms with Crippen LogP contribution in [0.4, 0.5) is 0 Å². The molecule has 0 spiro atoms. The molecule has 1 radical (unpaired) electrons. The highest BCUT2D eigenvalue weighted by molar-refractivity contribution is 5.17. The first-order valence-electron chi connectivity index (χ1n) is 4.63. The van der Waals surface area contributed by atoms with Gasteiger partial charge in [-0.05, 0) is 19.3 Å². The van der Waals surface area contributed by atoms with Gasteiger partial charge in [0, 0.05) is 0 Å². The Morgan fingerprint density at radius 2 is 1.08 bits per heavy atom. The van der Waals surface area contributed by atoms with Crippen molar-refractivity contribution < 1.29 is 0 Å². The molecule has 1 aliphatic carbocycles. The summed E-state index contributed by atoms with van der Waals surface area (Å²) in [5.74, 6) is 0. The van der Waals surface area contributed by atoms with Crippen LogP contribution >= 0.6 is 0 Å². The maximum Gasteiger partial charge on any atom is -0.0130 e. The lowest BCUT2D eigenvalue weighted by atomic mass is 10.2. The molecule has 0 saturated carbocycles. The van der Waals surface area contributed by atoms with E-state index < -0.39 is 0 Å². The van der Waals surface area contributed by atoms with Crippen LogP contribution in [0.2, 0.25) is 0 Å². The molecule has 0 aliphatic heterocycles. The molecule has 1 aliphatic rings. The number of hydrogen-bond donors (Lipinski definition) is 0. The third kappa shape index (κ3) is 5.92. The predicted molar refractivity (Wildman–Crippen MR) is 59.2 cm³/mol. The van der Waals surface area contributed by atoms with Crippen molar-refractivity contribution in [3.8, 4) is 0 Å². The first-order chi connectivity index (χ1) is 6.50. The van der Waals surface area contributed by atoms with Gasteiger partial charge in [-0.2, -0.15) is 0 Å². The largest absolute Gasteiger partial charge is 0.0876 e. The van der Waals surface area contributed by atoms with Crippen molar-refractivity contribution in [3.63, 3.8) is 0 Å². The van der Waals surface area contributed by atoms with Crippen molar-refractivity contribution in [2.24, 2.45) is 0 Å². The van der Waals surface area contributed by atoms with E-state index in [2.05, 4.69) is 36.8 Å². The molecule has 0 aromatic heterocycles. The Hall–Kier alpha value is -1.30. The van der Waals surface area contributed by atoms with Crippen molar-refractivity contribution in [3.05, 3.63) is 67.2 Å². The van der Waals surface area contributed by atoms with E-state index in [0.29, 0.717) is 0 Å². The van der Waals surface area contributed by atoms with Gasteiger partial charge in [-0.3, -0.25) is 0 Å².